The molecule has 0 spiro atoms. The molecule has 0 aliphatic heterocycles. The molecular weight excluding hydrogens is 350 g/mol. The summed E-state index contributed by atoms with van der Waals surface area (Å²) in [6, 6.07) is 5.09. The molecular formula is C19H21N3O3S. The van der Waals surface area contributed by atoms with Crippen molar-refractivity contribution < 1.29 is 15.0 Å². The molecule has 0 fully saturated rings. The summed E-state index contributed by atoms with van der Waals surface area (Å²) in [7, 11) is 0. The van der Waals surface area contributed by atoms with Gasteiger partial charge in [0.2, 0.25) is 0 Å². The first-order chi connectivity index (χ1) is 12.3. The van der Waals surface area contributed by atoms with E-state index in [0.717, 1.165) is 26.2 Å². The number of hydrogen-bond donors (Lipinski definition) is 3. The fraction of sp³-hybridized carbons (Fsp3) is 0.316. The SMILES string of the molecule is Cc1ccc(-c2c(C)sc3ncnc(NC(C(=O)O)C(C)O)c23)cc1C. The summed E-state index contributed by atoms with van der Waals surface area (Å²) in [5.41, 5.74) is 4.42. The summed E-state index contributed by atoms with van der Waals surface area (Å²) in [6.45, 7) is 7.58. The molecule has 2 aromatic heterocycles. The molecule has 0 aliphatic carbocycles. The largest absolute Gasteiger partial charge is 0.480 e. The molecule has 2 heterocycles. The second-order valence-corrected chi connectivity index (χ2v) is 7.64. The number of aliphatic hydroxyl groups is 1. The van der Waals surface area contributed by atoms with E-state index in [1.54, 1.807) is 11.3 Å². The summed E-state index contributed by atoms with van der Waals surface area (Å²) in [4.78, 5) is 21.9. The zero-order chi connectivity index (χ0) is 19.0. The van der Waals surface area contributed by atoms with Gasteiger partial charge in [-0.3, -0.25) is 0 Å². The number of aryl methyl sites for hydroxylation is 3. The van der Waals surface area contributed by atoms with Crippen LogP contribution in [0, 0.1) is 20.8 Å². The van der Waals surface area contributed by atoms with Crippen molar-refractivity contribution in [1.29, 1.82) is 0 Å². The first-order valence-electron chi connectivity index (χ1n) is 8.28. The summed E-state index contributed by atoms with van der Waals surface area (Å²) in [6.07, 6.45) is 0.341. The number of aromatic nitrogens is 2. The molecule has 0 radical (unpaired) electrons. The highest BCUT2D eigenvalue weighted by molar-refractivity contribution is 7.19. The van der Waals surface area contributed by atoms with E-state index >= 15 is 0 Å². The van der Waals surface area contributed by atoms with E-state index in [2.05, 4.69) is 47.3 Å². The molecule has 0 saturated carbocycles. The van der Waals surface area contributed by atoms with Crippen LogP contribution >= 0.6 is 11.3 Å². The topological polar surface area (TPSA) is 95.3 Å². The number of anilines is 1. The van der Waals surface area contributed by atoms with Gasteiger partial charge in [0, 0.05) is 10.4 Å². The Balaban J connectivity index is 2.20. The molecule has 2 atom stereocenters. The predicted molar refractivity (Wildman–Crippen MR) is 104 cm³/mol. The predicted octanol–water partition coefficient (Wildman–Crippen LogP) is 3.53. The Kier molecular flexibility index (Phi) is 4.93. The van der Waals surface area contributed by atoms with Gasteiger partial charge in [-0.25, -0.2) is 14.8 Å². The van der Waals surface area contributed by atoms with E-state index in [1.165, 1.54) is 24.4 Å². The molecule has 3 N–H and O–H groups in total. The molecule has 26 heavy (non-hydrogen) atoms. The van der Waals surface area contributed by atoms with Gasteiger partial charge in [0.25, 0.3) is 0 Å². The van der Waals surface area contributed by atoms with Crippen molar-refractivity contribution in [2.24, 2.45) is 0 Å². The van der Waals surface area contributed by atoms with Crippen molar-refractivity contribution in [3.05, 3.63) is 40.5 Å². The van der Waals surface area contributed by atoms with Crippen LogP contribution in [0.5, 0.6) is 0 Å². The Hall–Kier alpha value is -2.51. The third kappa shape index (κ3) is 3.27. The first-order valence-corrected chi connectivity index (χ1v) is 9.10. The number of carboxylic acids is 1. The third-order valence-electron chi connectivity index (χ3n) is 4.50. The van der Waals surface area contributed by atoms with E-state index in [1.807, 2.05) is 6.92 Å². The van der Waals surface area contributed by atoms with E-state index in [4.69, 9.17) is 0 Å². The van der Waals surface area contributed by atoms with E-state index in [-0.39, 0.29) is 0 Å². The van der Waals surface area contributed by atoms with Crippen LogP contribution in [0.4, 0.5) is 5.82 Å². The van der Waals surface area contributed by atoms with Crippen molar-refractivity contribution in [3.8, 4) is 11.1 Å². The smallest absolute Gasteiger partial charge is 0.328 e. The summed E-state index contributed by atoms with van der Waals surface area (Å²) in [5, 5.41) is 22.8. The van der Waals surface area contributed by atoms with Crippen LogP contribution in [0.25, 0.3) is 21.3 Å². The standard InChI is InChI=1S/C19H21N3O3S/c1-9-5-6-13(7-10(9)2)14-12(4)26-18-15(14)17(20-8-21-18)22-16(11(3)23)19(24)25/h5-8,11,16,23H,1-4H3,(H,24,25)(H,20,21,22). The van der Waals surface area contributed by atoms with Crippen LogP contribution in [0.2, 0.25) is 0 Å². The molecule has 0 amide bonds. The molecule has 0 saturated heterocycles. The highest BCUT2D eigenvalue weighted by Gasteiger charge is 2.26. The lowest BCUT2D eigenvalue weighted by atomic mass is 9.99. The second kappa shape index (κ2) is 7.01. The number of aliphatic hydroxyl groups excluding tert-OH is 1. The molecule has 136 valence electrons. The number of thiophene rings is 1. The highest BCUT2D eigenvalue weighted by Crippen LogP contribution is 2.40. The number of carboxylic acid groups (broad SMARTS) is 1. The minimum absolute atomic E-state index is 0.417. The van der Waals surface area contributed by atoms with Gasteiger partial charge in [-0.2, -0.15) is 0 Å². The lowest BCUT2D eigenvalue weighted by Crippen LogP contribution is -2.39. The van der Waals surface area contributed by atoms with Crippen molar-refractivity contribution in [3.63, 3.8) is 0 Å². The lowest BCUT2D eigenvalue weighted by Gasteiger charge is -2.18. The maximum Gasteiger partial charge on any atom is 0.328 e. The number of rotatable bonds is 5. The number of nitrogens with zero attached hydrogens (tertiary/aromatic N) is 2. The fourth-order valence-electron chi connectivity index (χ4n) is 2.93. The molecule has 2 unspecified atom stereocenters. The Labute approximate surface area is 155 Å². The molecule has 3 rings (SSSR count). The Morgan fingerprint density at radius 1 is 1.19 bits per heavy atom. The number of nitrogens with one attached hydrogen (secondary N) is 1. The van der Waals surface area contributed by atoms with Crippen LogP contribution in [0.15, 0.2) is 24.5 Å². The van der Waals surface area contributed by atoms with Gasteiger partial charge < -0.3 is 15.5 Å². The van der Waals surface area contributed by atoms with Crippen LogP contribution in [0.1, 0.15) is 22.9 Å². The second-order valence-electron chi connectivity index (χ2n) is 6.44. The van der Waals surface area contributed by atoms with Crippen molar-refractivity contribution in [2.75, 3.05) is 5.32 Å². The quantitative estimate of drug-likeness (QED) is 0.635. The van der Waals surface area contributed by atoms with Gasteiger partial charge in [-0.05, 0) is 44.4 Å². The van der Waals surface area contributed by atoms with Crippen molar-refractivity contribution >= 4 is 33.3 Å². The van der Waals surface area contributed by atoms with E-state index in [9.17, 15) is 15.0 Å². The monoisotopic (exact) mass is 371 g/mol. The minimum atomic E-state index is -1.15. The maximum absolute atomic E-state index is 11.5. The van der Waals surface area contributed by atoms with E-state index < -0.39 is 18.1 Å². The van der Waals surface area contributed by atoms with Crippen LogP contribution in [-0.2, 0) is 4.79 Å². The Morgan fingerprint density at radius 3 is 2.54 bits per heavy atom. The molecule has 7 heteroatoms. The van der Waals surface area contributed by atoms with Gasteiger partial charge in [-0.15, -0.1) is 11.3 Å². The van der Waals surface area contributed by atoms with Crippen LogP contribution < -0.4 is 5.32 Å². The van der Waals surface area contributed by atoms with Crippen molar-refractivity contribution in [1.82, 2.24) is 9.97 Å². The zero-order valence-corrected chi connectivity index (χ0v) is 15.9. The summed E-state index contributed by atoms with van der Waals surface area (Å²) < 4.78 is 0. The highest BCUT2D eigenvalue weighted by atomic mass is 32.1. The summed E-state index contributed by atoms with van der Waals surface area (Å²) in [5.74, 6) is -0.715. The van der Waals surface area contributed by atoms with Gasteiger partial charge in [0.15, 0.2) is 6.04 Å². The average molecular weight is 371 g/mol. The number of fused-ring (bicyclic) bond motifs is 1. The van der Waals surface area contributed by atoms with Gasteiger partial charge in [0.1, 0.15) is 17.0 Å². The number of benzene rings is 1. The van der Waals surface area contributed by atoms with Gasteiger partial charge >= 0.3 is 5.97 Å². The van der Waals surface area contributed by atoms with Crippen molar-refractivity contribution in [2.45, 2.75) is 39.8 Å². The Bertz CT molecular complexity index is 982. The molecule has 1 aromatic carbocycles. The van der Waals surface area contributed by atoms with Gasteiger partial charge in [0.05, 0.1) is 11.5 Å². The molecule has 0 bridgehead atoms. The minimum Gasteiger partial charge on any atom is -0.480 e. The van der Waals surface area contributed by atoms with E-state index in [0.29, 0.717) is 5.82 Å². The molecule has 0 aliphatic rings. The third-order valence-corrected chi connectivity index (χ3v) is 5.51. The first kappa shape index (κ1) is 18.3. The normalized spacial score (nSPS) is 13.6. The molecule has 3 aromatic rings. The fourth-order valence-corrected chi connectivity index (χ4v) is 3.95. The lowest BCUT2D eigenvalue weighted by molar-refractivity contribution is -0.140. The average Bonchev–Trinajstić information content (AvgIpc) is 2.91. The Morgan fingerprint density at radius 2 is 1.92 bits per heavy atom. The zero-order valence-electron chi connectivity index (χ0n) is 15.1. The maximum atomic E-state index is 11.5. The molecule has 6 nitrogen and oxygen atoms in total. The van der Waals surface area contributed by atoms with Gasteiger partial charge in [-0.1, -0.05) is 18.2 Å². The number of hydrogen-bond acceptors (Lipinski definition) is 6. The number of aliphatic carboxylic acids is 1. The number of carbonyl (C=O) groups is 1. The van der Waals surface area contributed by atoms with Crippen LogP contribution in [0.3, 0.4) is 0 Å². The van der Waals surface area contributed by atoms with Crippen LogP contribution in [-0.4, -0.2) is 38.3 Å². The summed E-state index contributed by atoms with van der Waals surface area (Å²) >= 11 is 1.54.